The molecule has 1 amide bonds. The van der Waals surface area contributed by atoms with Crippen molar-refractivity contribution in [3.05, 3.63) is 72.7 Å². The fourth-order valence-electron chi connectivity index (χ4n) is 3.37. The molecule has 0 aliphatic carbocycles. The van der Waals surface area contributed by atoms with E-state index in [1.54, 1.807) is 25.4 Å². The van der Waals surface area contributed by atoms with E-state index in [9.17, 15) is 4.79 Å². The minimum atomic E-state index is -0.317. The van der Waals surface area contributed by atoms with Gasteiger partial charge in [-0.25, -0.2) is 9.97 Å². The molecule has 1 fully saturated rings. The molecule has 2 aromatic carbocycles. The molecule has 4 rings (SSSR count). The molecule has 1 N–H and O–H groups in total. The fraction of sp³-hybridized carbons (Fsp3) is 0.227. The highest BCUT2D eigenvalue weighted by Gasteiger charge is 2.19. The number of anilines is 3. The molecule has 29 heavy (non-hydrogen) atoms. The summed E-state index contributed by atoms with van der Waals surface area (Å²) in [5.41, 5.74) is 2.10. The maximum atomic E-state index is 12.5. The smallest absolute Gasteiger partial charge is 0.275 e. The molecule has 3 aromatic rings. The van der Waals surface area contributed by atoms with Gasteiger partial charge in [0.15, 0.2) is 0 Å². The van der Waals surface area contributed by atoms with Crippen molar-refractivity contribution >= 4 is 23.1 Å². The zero-order chi connectivity index (χ0) is 20.1. The summed E-state index contributed by atoms with van der Waals surface area (Å²) >= 11 is 0. The monoisotopic (exact) mass is 389 g/mol. The van der Waals surface area contributed by atoms with Gasteiger partial charge >= 0.3 is 0 Å². The zero-order valence-corrected chi connectivity index (χ0v) is 16.3. The normalized spacial score (nSPS) is 13.8. The van der Waals surface area contributed by atoms with E-state index in [0.29, 0.717) is 11.4 Å². The summed E-state index contributed by atoms with van der Waals surface area (Å²) < 4.78 is 5.26. The maximum absolute atomic E-state index is 12.5. The molecule has 2 heterocycles. The molecule has 7 nitrogen and oxygen atoms in total. The van der Waals surface area contributed by atoms with E-state index in [0.717, 1.165) is 32.0 Å². The van der Waals surface area contributed by atoms with E-state index in [4.69, 9.17) is 4.74 Å². The summed E-state index contributed by atoms with van der Waals surface area (Å²) in [7, 11) is 1.57. The standard InChI is InChI=1S/C22H23N5O2/c1-29-20-10-6-5-9-18(20)25-22(28)19-15-24-21(16-23-19)27-13-11-26(12-14-27)17-7-3-2-4-8-17/h2-10,15-16H,11-14H2,1H3,(H,25,28). The van der Waals surface area contributed by atoms with Crippen LogP contribution in [0, 0.1) is 0 Å². The van der Waals surface area contributed by atoms with E-state index in [-0.39, 0.29) is 11.6 Å². The molecule has 0 atom stereocenters. The van der Waals surface area contributed by atoms with Crippen LogP contribution in [0.1, 0.15) is 10.5 Å². The number of nitrogens with zero attached hydrogens (tertiary/aromatic N) is 4. The number of amides is 1. The van der Waals surface area contributed by atoms with Crippen LogP contribution in [0.25, 0.3) is 0 Å². The predicted octanol–water partition coefficient (Wildman–Crippen LogP) is 3.06. The average molecular weight is 389 g/mol. The summed E-state index contributed by atoms with van der Waals surface area (Å²) in [6.07, 6.45) is 3.18. The van der Waals surface area contributed by atoms with Gasteiger partial charge in [0.1, 0.15) is 17.3 Å². The van der Waals surface area contributed by atoms with Crippen LogP contribution in [0.3, 0.4) is 0 Å². The van der Waals surface area contributed by atoms with Crippen LogP contribution in [0.4, 0.5) is 17.2 Å². The van der Waals surface area contributed by atoms with Gasteiger partial charge in [-0.15, -0.1) is 0 Å². The molecule has 0 saturated carbocycles. The van der Waals surface area contributed by atoms with Gasteiger partial charge in [-0.05, 0) is 24.3 Å². The van der Waals surface area contributed by atoms with Crippen molar-refractivity contribution in [3.8, 4) is 5.75 Å². The van der Waals surface area contributed by atoms with Gasteiger partial charge < -0.3 is 19.9 Å². The largest absolute Gasteiger partial charge is 0.495 e. The van der Waals surface area contributed by atoms with Crippen LogP contribution in [-0.2, 0) is 0 Å². The number of piperazine rings is 1. The number of carbonyl (C=O) groups is 1. The summed E-state index contributed by atoms with van der Waals surface area (Å²) in [6, 6.07) is 17.7. The number of hydrogen-bond acceptors (Lipinski definition) is 6. The highest BCUT2D eigenvalue weighted by Crippen LogP contribution is 2.23. The first kappa shape index (κ1) is 18.7. The van der Waals surface area contributed by atoms with Crippen molar-refractivity contribution in [1.29, 1.82) is 0 Å². The topological polar surface area (TPSA) is 70.6 Å². The molecular weight excluding hydrogens is 366 g/mol. The number of nitrogens with one attached hydrogen (secondary N) is 1. The Morgan fingerprint density at radius 3 is 2.28 bits per heavy atom. The second kappa shape index (κ2) is 8.60. The second-order valence-electron chi connectivity index (χ2n) is 6.72. The van der Waals surface area contributed by atoms with Gasteiger partial charge in [0.25, 0.3) is 5.91 Å². The van der Waals surface area contributed by atoms with Crippen molar-refractivity contribution in [2.45, 2.75) is 0 Å². The summed E-state index contributed by atoms with van der Waals surface area (Å²) in [5, 5.41) is 2.81. The molecular formula is C22H23N5O2. The maximum Gasteiger partial charge on any atom is 0.275 e. The Morgan fingerprint density at radius 1 is 0.897 bits per heavy atom. The molecule has 0 radical (unpaired) electrons. The Balaban J connectivity index is 1.37. The van der Waals surface area contributed by atoms with E-state index in [2.05, 4.69) is 49.4 Å². The summed E-state index contributed by atoms with van der Waals surface area (Å²) in [4.78, 5) is 25.8. The average Bonchev–Trinajstić information content (AvgIpc) is 2.80. The van der Waals surface area contributed by atoms with Crippen LogP contribution in [0.15, 0.2) is 67.0 Å². The minimum absolute atomic E-state index is 0.266. The number of carbonyl (C=O) groups excluding carboxylic acids is 1. The van der Waals surface area contributed by atoms with Gasteiger partial charge in [0.05, 0.1) is 25.2 Å². The van der Waals surface area contributed by atoms with Gasteiger partial charge in [0, 0.05) is 31.9 Å². The van der Waals surface area contributed by atoms with E-state index in [1.807, 2.05) is 18.2 Å². The Morgan fingerprint density at radius 2 is 1.59 bits per heavy atom. The lowest BCUT2D eigenvalue weighted by Gasteiger charge is -2.36. The second-order valence-corrected chi connectivity index (χ2v) is 6.72. The van der Waals surface area contributed by atoms with Crippen molar-refractivity contribution in [1.82, 2.24) is 9.97 Å². The lowest BCUT2D eigenvalue weighted by molar-refractivity contribution is 0.102. The zero-order valence-electron chi connectivity index (χ0n) is 16.3. The third-order valence-corrected chi connectivity index (χ3v) is 4.95. The number of ether oxygens (including phenoxy) is 1. The Labute approximate surface area is 170 Å². The molecule has 0 unspecified atom stereocenters. The summed E-state index contributed by atoms with van der Waals surface area (Å²) in [5.74, 6) is 1.07. The number of aromatic nitrogens is 2. The molecule has 148 valence electrons. The van der Waals surface area contributed by atoms with Gasteiger partial charge in [-0.3, -0.25) is 4.79 Å². The van der Waals surface area contributed by atoms with Crippen LogP contribution < -0.4 is 19.9 Å². The molecule has 1 aromatic heterocycles. The first-order valence-electron chi connectivity index (χ1n) is 9.56. The van der Waals surface area contributed by atoms with Crippen molar-refractivity contribution < 1.29 is 9.53 Å². The third-order valence-electron chi connectivity index (χ3n) is 4.95. The van der Waals surface area contributed by atoms with Gasteiger partial charge in [-0.2, -0.15) is 0 Å². The number of benzene rings is 2. The van der Waals surface area contributed by atoms with Gasteiger partial charge in [-0.1, -0.05) is 30.3 Å². The van der Waals surface area contributed by atoms with Crippen molar-refractivity contribution in [3.63, 3.8) is 0 Å². The Kier molecular flexibility index (Phi) is 5.56. The molecule has 1 aliphatic rings. The van der Waals surface area contributed by atoms with Crippen molar-refractivity contribution in [2.24, 2.45) is 0 Å². The molecule has 0 bridgehead atoms. The predicted molar refractivity (Wildman–Crippen MR) is 114 cm³/mol. The van der Waals surface area contributed by atoms with E-state index < -0.39 is 0 Å². The number of methoxy groups -OCH3 is 1. The molecule has 7 heteroatoms. The van der Waals surface area contributed by atoms with Crippen LogP contribution in [-0.4, -0.2) is 49.2 Å². The lowest BCUT2D eigenvalue weighted by atomic mass is 10.2. The first-order chi connectivity index (χ1) is 14.2. The van der Waals surface area contributed by atoms with Crippen LogP contribution >= 0.6 is 0 Å². The summed E-state index contributed by atoms with van der Waals surface area (Å²) in [6.45, 7) is 3.55. The van der Waals surface area contributed by atoms with Gasteiger partial charge in [0.2, 0.25) is 0 Å². The third kappa shape index (κ3) is 4.29. The van der Waals surface area contributed by atoms with E-state index >= 15 is 0 Å². The molecule has 0 spiro atoms. The SMILES string of the molecule is COc1ccccc1NC(=O)c1cnc(N2CCN(c3ccccc3)CC2)cn1. The van der Waals surface area contributed by atoms with Crippen molar-refractivity contribution in [2.75, 3.05) is 48.4 Å². The minimum Gasteiger partial charge on any atom is -0.495 e. The Bertz CT molecular complexity index is 954. The number of rotatable bonds is 5. The highest BCUT2D eigenvalue weighted by molar-refractivity contribution is 6.03. The number of hydrogen-bond donors (Lipinski definition) is 1. The first-order valence-corrected chi connectivity index (χ1v) is 9.56. The lowest BCUT2D eigenvalue weighted by Crippen LogP contribution is -2.46. The number of para-hydroxylation sites is 3. The highest BCUT2D eigenvalue weighted by atomic mass is 16.5. The molecule has 1 aliphatic heterocycles. The Hall–Kier alpha value is -3.61. The molecule has 1 saturated heterocycles. The van der Waals surface area contributed by atoms with Crippen LogP contribution in [0.5, 0.6) is 5.75 Å². The van der Waals surface area contributed by atoms with Crippen LogP contribution in [0.2, 0.25) is 0 Å². The van der Waals surface area contributed by atoms with E-state index in [1.165, 1.54) is 11.9 Å². The fourth-order valence-corrected chi connectivity index (χ4v) is 3.37. The quantitative estimate of drug-likeness (QED) is 0.723.